The lowest BCUT2D eigenvalue weighted by Crippen LogP contribution is -2.09. The van der Waals surface area contributed by atoms with E-state index in [1.54, 1.807) is 25.3 Å². The minimum Gasteiger partial charge on any atom is -0.465 e. The summed E-state index contributed by atoms with van der Waals surface area (Å²) in [5, 5.41) is 6.61. The second-order valence-electron chi connectivity index (χ2n) is 3.48. The van der Waals surface area contributed by atoms with Crippen LogP contribution in [0, 0.1) is 6.92 Å². The molecule has 2 aromatic rings. The zero-order valence-corrected chi connectivity index (χ0v) is 10.0. The molecule has 0 aromatic carbocycles. The maximum atomic E-state index is 11.5. The number of anilines is 1. The van der Waals surface area contributed by atoms with Crippen molar-refractivity contribution in [2.24, 2.45) is 0 Å². The van der Waals surface area contributed by atoms with Crippen LogP contribution in [-0.4, -0.2) is 28.2 Å². The molecule has 0 unspecified atom stereocenters. The van der Waals surface area contributed by atoms with Crippen molar-refractivity contribution in [3.63, 3.8) is 0 Å². The highest BCUT2D eigenvalue weighted by Gasteiger charge is 2.12. The lowest BCUT2D eigenvalue weighted by Gasteiger charge is -2.07. The van der Waals surface area contributed by atoms with E-state index in [4.69, 9.17) is 4.52 Å². The summed E-state index contributed by atoms with van der Waals surface area (Å²) >= 11 is 0. The van der Waals surface area contributed by atoms with E-state index in [-0.39, 0.29) is 0 Å². The van der Waals surface area contributed by atoms with Gasteiger partial charge in [-0.15, -0.1) is 0 Å². The third-order valence-electron chi connectivity index (χ3n) is 2.19. The number of esters is 1. The average molecular weight is 248 g/mol. The molecule has 0 spiro atoms. The van der Waals surface area contributed by atoms with Crippen molar-refractivity contribution in [1.29, 1.82) is 0 Å². The van der Waals surface area contributed by atoms with Gasteiger partial charge < -0.3 is 14.6 Å². The van der Waals surface area contributed by atoms with E-state index in [0.717, 1.165) is 0 Å². The quantitative estimate of drug-likeness (QED) is 0.812. The maximum Gasteiger partial charge on any atom is 0.341 e. The standard InChI is InChI=1S/C11H12N4O3/c1-7-14-9(18-15-7)6-13-10-8(11(16)17-2)4-3-5-12-10/h3-5H,6H2,1-2H3,(H,12,13). The normalized spacial score (nSPS) is 10.1. The molecule has 7 nitrogen and oxygen atoms in total. The van der Waals surface area contributed by atoms with Crippen LogP contribution in [0.5, 0.6) is 0 Å². The van der Waals surface area contributed by atoms with E-state index in [1.165, 1.54) is 7.11 Å². The molecule has 0 aliphatic rings. The Balaban J connectivity index is 2.11. The molecule has 0 aliphatic carbocycles. The Morgan fingerprint density at radius 1 is 1.56 bits per heavy atom. The third kappa shape index (κ3) is 2.62. The fourth-order valence-electron chi connectivity index (χ4n) is 1.39. The Kier molecular flexibility index (Phi) is 3.52. The number of hydrogen-bond acceptors (Lipinski definition) is 7. The van der Waals surface area contributed by atoms with Crippen LogP contribution < -0.4 is 5.32 Å². The first-order valence-corrected chi connectivity index (χ1v) is 5.27. The minimum atomic E-state index is -0.452. The van der Waals surface area contributed by atoms with Gasteiger partial charge in [0.1, 0.15) is 11.4 Å². The van der Waals surface area contributed by atoms with Gasteiger partial charge in [0.15, 0.2) is 5.82 Å². The van der Waals surface area contributed by atoms with Crippen LogP contribution in [-0.2, 0) is 11.3 Å². The fraction of sp³-hybridized carbons (Fsp3) is 0.273. The number of hydrogen-bond donors (Lipinski definition) is 1. The number of carbonyl (C=O) groups is 1. The number of aryl methyl sites for hydroxylation is 1. The van der Waals surface area contributed by atoms with Crippen molar-refractivity contribution >= 4 is 11.8 Å². The number of carbonyl (C=O) groups excluding carboxylic acids is 1. The molecule has 2 rings (SSSR count). The monoisotopic (exact) mass is 248 g/mol. The largest absolute Gasteiger partial charge is 0.465 e. The highest BCUT2D eigenvalue weighted by molar-refractivity contribution is 5.94. The molecule has 1 N–H and O–H groups in total. The van der Waals surface area contributed by atoms with Crippen molar-refractivity contribution in [3.8, 4) is 0 Å². The molecule has 0 saturated carbocycles. The van der Waals surface area contributed by atoms with Crippen molar-refractivity contribution in [2.45, 2.75) is 13.5 Å². The first kappa shape index (κ1) is 12.0. The van der Waals surface area contributed by atoms with E-state index < -0.39 is 5.97 Å². The molecule has 0 fully saturated rings. The van der Waals surface area contributed by atoms with Crippen LogP contribution in [0.15, 0.2) is 22.9 Å². The van der Waals surface area contributed by atoms with Gasteiger partial charge in [0.25, 0.3) is 0 Å². The summed E-state index contributed by atoms with van der Waals surface area (Å²) in [4.78, 5) is 19.6. The molecule has 2 aromatic heterocycles. The van der Waals surface area contributed by atoms with Gasteiger partial charge >= 0.3 is 5.97 Å². The van der Waals surface area contributed by atoms with E-state index in [2.05, 4.69) is 25.2 Å². The van der Waals surface area contributed by atoms with Crippen molar-refractivity contribution in [2.75, 3.05) is 12.4 Å². The minimum absolute atomic E-state index is 0.293. The molecule has 18 heavy (non-hydrogen) atoms. The van der Waals surface area contributed by atoms with Gasteiger partial charge in [-0.05, 0) is 19.1 Å². The molecule has 0 aliphatic heterocycles. The fourth-order valence-corrected chi connectivity index (χ4v) is 1.39. The molecule has 0 saturated heterocycles. The number of nitrogens with one attached hydrogen (secondary N) is 1. The maximum absolute atomic E-state index is 11.5. The summed E-state index contributed by atoms with van der Waals surface area (Å²) in [6, 6.07) is 3.29. The van der Waals surface area contributed by atoms with Gasteiger partial charge in [0, 0.05) is 6.20 Å². The van der Waals surface area contributed by atoms with Gasteiger partial charge in [-0.1, -0.05) is 5.16 Å². The van der Waals surface area contributed by atoms with Gasteiger partial charge in [-0.25, -0.2) is 9.78 Å². The molecule has 94 valence electrons. The highest BCUT2D eigenvalue weighted by Crippen LogP contribution is 2.13. The molecule has 2 heterocycles. The molecule has 0 bridgehead atoms. The first-order valence-electron chi connectivity index (χ1n) is 5.27. The van der Waals surface area contributed by atoms with Crippen LogP contribution >= 0.6 is 0 Å². The number of ether oxygens (including phenoxy) is 1. The average Bonchev–Trinajstić information content (AvgIpc) is 2.81. The Hall–Kier alpha value is -2.44. The van der Waals surface area contributed by atoms with Crippen molar-refractivity contribution in [1.82, 2.24) is 15.1 Å². The summed E-state index contributed by atoms with van der Waals surface area (Å²) in [6.45, 7) is 2.02. The van der Waals surface area contributed by atoms with E-state index >= 15 is 0 Å². The SMILES string of the molecule is COC(=O)c1cccnc1NCc1nc(C)no1. The summed E-state index contributed by atoms with van der Waals surface area (Å²) in [5.41, 5.74) is 0.358. The highest BCUT2D eigenvalue weighted by atomic mass is 16.5. The number of methoxy groups -OCH3 is 1. The number of aromatic nitrogens is 3. The summed E-state index contributed by atoms with van der Waals surface area (Å²) in [6.07, 6.45) is 1.58. The molecular formula is C11H12N4O3. The molecule has 0 amide bonds. The van der Waals surface area contributed by atoms with Crippen molar-refractivity contribution in [3.05, 3.63) is 35.6 Å². The second kappa shape index (κ2) is 5.26. The lowest BCUT2D eigenvalue weighted by molar-refractivity contribution is 0.0601. The van der Waals surface area contributed by atoms with Gasteiger partial charge in [0.2, 0.25) is 5.89 Å². The summed E-state index contributed by atoms with van der Waals surface area (Å²) in [5.74, 6) is 0.947. The summed E-state index contributed by atoms with van der Waals surface area (Å²) < 4.78 is 9.61. The topological polar surface area (TPSA) is 90.1 Å². The van der Waals surface area contributed by atoms with Crippen LogP contribution in [0.1, 0.15) is 22.1 Å². The smallest absolute Gasteiger partial charge is 0.341 e. The number of nitrogens with zero attached hydrogens (tertiary/aromatic N) is 3. The van der Waals surface area contributed by atoms with E-state index in [9.17, 15) is 4.79 Å². The molecule has 0 radical (unpaired) electrons. The van der Waals surface area contributed by atoms with Crippen LogP contribution in [0.25, 0.3) is 0 Å². The van der Waals surface area contributed by atoms with Gasteiger partial charge in [0.05, 0.1) is 13.7 Å². The predicted octanol–water partition coefficient (Wildman–Crippen LogP) is 1.17. The van der Waals surface area contributed by atoms with Crippen LogP contribution in [0.2, 0.25) is 0 Å². The second-order valence-corrected chi connectivity index (χ2v) is 3.48. The molecule has 7 heteroatoms. The zero-order chi connectivity index (χ0) is 13.0. The predicted molar refractivity (Wildman–Crippen MR) is 61.9 cm³/mol. The van der Waals surface area contributed by atoms with Crippen LogP contribution in [0.4, 0.5) is 5.82 Å². The number of rotatable bonds is 4. The first-order chi connectivity index (χ1) is 8.70. The van der Waals surface area contributed by atoms with Gasteiger partial charge in [-0.2, -0.15) is 4.98 Å². The Morgan fingerprint density at radius 2 is 2.39 bits per heavy atom. The molecular weight excluding hydrogens is 236 g/mol. The zero-order valence-electron chi connectivity index (χ0n) is 10.0. The van der Waals surface area contributed by atoms with Gasteiger partial charge in [-0.3, -0.25) is 0 Å². The number of pyridine rings is 1. The lowest BCUT2D eigenvalue weighted by atomic mass is 10.2. The van der Waals surface area contributed by atoms with E-state index in [0.29, 0.717) is 29.6 Å². The Morgan fingerprint density at radius 3 is 3.06 bits per heavy atom. The molecule has 0 atom stereocenters. The van der Waals surface area contributed by atoms with Crippen LogP contribution in [0.3, 0.4) is 0 Å². The van der Waals surface area contributed by atoms with E-state index in [1.807, 2.05) is 0 Å². The Labute approximate surface area is 103 Å². The third-order valence-corrected chi connectivity index (χ3v) is 2.19. The van der Waals surface area contributed by atoms with Crippen molar-refractivity contribution < 1.29 is 14.1 Å². The summed E-state index contributed by atoms with van der Waals surface area (Å²) in [7, 11) is 1.32. The Bertz CT molecular complexity index is 553.